The zero-order valence-corrected chi connectivity index (χ0v) is 18.9. The summed E-state index contributed by atoms with van der Waals surface area (Å²) in [7, 11) is 0. The van der Waals surface area contributed by atoms with Gasteiger partial charge in [0, 0.05) is 21.8 Å². The number of aromatic nitrogens is 1. The molecule has 0 fully saturated rings. The Labute approximate surface area is 186 Å². The predicted molar refractivity (Wildman–Crippen MR) is 130 cm³/mol. The number of rotatable bonds is 1. The minimum absolute atomic E-state index is 0.0523. The second-order valence-corrected chi connectivity index (χ2v) is 9.63. The molecule has 2 nitrogen and oxygen atoms in total. The quantitative estimate of drug-likeness (QED) is 0.253. The van der Waals surface area contributed by atoms with Gasteiger partial charge in [0.2, 0.25) is 0 Å². The van der Waals surface area contributed by atoms with Gasteiger partial charge in [0.1, 0.15) is 5.82 Å². The molecule has 0 amide bonds. The highest BCUT2D eigenvalue weighted by molar-refractivity contribution is 9.10. The summed E-state index contributed by atoms with van der Waals surface area (Å²) >= 11 is 3.70. The van der Waals surface area contributed by atoms with Gasteiger partial charge in [0.25, 0.3) is 0 Å². The van der Waals surface area contributed by atoms with Crippen molar-refractivity contribution >= 4 is 33.1 Å². The molecular weight excluding hydrogens is 432 g/mol. The molecule has 5 rings (SSSR count). The van der Waals surface area contributed by atoms with Gasteiger partial charge < -0.3 is 0 Å². The zero-order chi connectivity index (χ0) is 20.9. The Bertz CT molecular complexity index is 1240. The average Bonchev–Trinajstić information content (AvgIpc) is 2.85. The Balaban J connectivity index is 1.92. The van der Waals surface area contributed by atoms with Crippen molar-refractivity contribution in [3.05, 3.63) is 95.1 Å². The largest absolute Gasteiger partial charge is 0.294 e. The molecule has 1 aliphatic heterocycles. The molecule has 0 bridgehead atoms. The van der Waals surface area contributed by atoms with Crippen molar-refractivity contribution in [1.82, 2.24) is 4.98 Å². The normalized spacial score (nSPS) is 12.6. The lowest BCUT2D eigenvalue weighted by Gasteiger charge is -2.28. The number of hydrogen-bond acceptors (Lipinski definition) is 2. The number of pyridine rings is 1. The summed E-state index contributed by atoms with van der Waals surface area (Å²) in [5.41, 5.74) is 8.54. The lowest BCUT2D eigenvalue weighted by Crippen LogP contribution is -2.15. The van der Waals surface area contributed by atoms with Crippen molar-refractivity contribution in [2.24, 2.45) is 0 Å². The number of fused-ring (bicyclic) bond motifs is 5. The van der Waals surface area contributed by atoms with Crippen LogP contribution in [0.2, 0.25) is 0 Å². The molecule has 1 aliphatic rings. The predicted octanol–water partition coefficient (Wildman–Crippen LogP) is 8.26. The molecule has 0 saturated heterocycles. The molecule has 1 aromatic heterocycles. The Morgan fingerprint density at radius 1 is 0.700 bits per heavy atom. The van der Waals surface area contributed by atoms with Crippen LogP contribution in [-0.2, 0) is 5.41 Å². The van der Waals surface area contributed by atoms with Crippen LogP contribution in [0.3, 0.4) is 0 Å². The lowest BCUT2D eigenvalue weighted by atomic mass is 9.85. The highest BCUT2D eigenvalue weighted by atomic mass is 79.9. The molecule has 0 atom stereocenters. The summed E-state index contributed by atoms with van der Waals surface area (Å²) in [4.78, 5) is 7.03. The lowest BCUT2D eigenvalue weighted by molar-refractivity contribution is 0.590. The number of halogens is 1. The SMILES string of the molecule is CC(C)(C)c1ccc2c(c1)N(c1ccccn1)c1cc(Br)ccc1-c1ccccc1-2. The van der Waals surface area contributed by atoms with Crippen LogP contribution in [0, 0.1) is 0 Å². The summed E-state index contributed by atoms with van der Waals surface area (Å²) in [5.74, 6) is 0.914. The van der Waals surface area contributed by atoms with Gasteiger partial charge >= 0.3 is 0 Å². The van der Waals surface area contributed by atoms with E-state index in [1.54, 1.807) is 0 Å². The maximum Gasteiger partial charge on any atom is 0.137 e. The van der Waals surface area contributed by atoms with Gasteiger partial charge in [0.15, 0.2) is 0 Å². The molecule has 30 heavy (non-hydrogen) atoms. The zero-order valence-electron chi connectivity index (χ0n) is 17.4. The Morgan fingerprint density at radius 2 is 1.33 bits per heavy atom. The molecule has 0 unspecified atom stereocenters. The van der Waals surface area contributed by atoms with Gasteiger partial charge in [0.05, 0.1) is 11.4 Å². The topological polar surface area (TPSA) is 16.1 Å². The second-order valence-electron chi connectivity index (χ2n) is 8.71. The summed E-state index contributed by atoms with van der Waals surface area (Å²) in [6.07, 6.45) is 1.86. The fourth-order valence-electron chi connectivity index (χ4n) is 4.14. The van der Waals surface area contributed by atoms with Crippen LogP contribution in [0.5, 0.6) is 0 Å². The van der Waals surface area contributed by atoms with Gasteiger partial charge in [-0.1, -0.05) is 85.2 Å². The molecule has 0 spiro atoms. The average molecular weight is 455 g/mol. The van der Waals surface area contributed by atoms with Crippen LogP contribution in [0.1, 0.15) is 26.3 Å². The third kappa shape index (κ3) is 3.14. The van der Waals surface area contributed by atoms with E-state index in [0.29, 0.717) is 0 Å². The number of benzene rings is 3. The van der Waals surface area contributed by atoms with Crippen LogP contribution >= 0.6 is 15.9 Å². The fraction of sp³-hybridized carbons (Fsp3) is 0.148. The summed E-state index contributed by atoms with van der Waals surface area (Å²) in [5, 5.41) is 0. The maximum atomic E-state index is 4.74. The van der Waals surface area contributed by atoms with Crippen LogP contribution in [0.15, 0.2) is 89.5 Å². The molecule has 2 heterocycles. The van der Waals surface area contributed by atoms with Gasteiger partial charge in [-0.05, 0) is 52.4 Å². The van der Waals surface area contributed by atoms with Crippen molar-refractivity contribution in [2.45, 2.75) is 26.2 Å². The van der Waals surface area contributed by atoms with E-state index in [4.69, 9.17) is 4.98 Å². The first-order chi connectivity index (χ1) is 14.4. The smallest absolute Gasteiger partial charge is 0.137 e. The molecular formula is C27H23BrN2. The highest BCUT2D eigenvalue weighted by Crippen LogP contribution is 2.51. The number of anilines is 3. The van der Waals surface area contributed by atoms with E-state index in [1.165, 1.54) is 27.8 Å². The second kappa shape index (κ2) is 7.10. The summed E-state index contributed by atoms with van der Waals surface area (Å²) in [6.45, 7) is 6.78. The highest BCUT2D eigenvalue weighted by Gasteiger charge is 2.28. The van der Waals surface area contributed by atoms with E-state index in [2.05, 4.69) is 108 Å². The van der Waals surface area contributed by atoms with E-state index >= 15 is 0 Å². The monoisotopic (exact) mass is 454 g/mol. The van der Waals surface area contributed by atoms with Crippen LogP contribution in [0.4, 0.5) is 17.2 Å². The molecule has 3 aromatic carbocycles. The van der Waals surface area contributed by atoms with Gasteiger partial charge in [-0.3, -0.25) is 4.90 Å². The maximum absolute atomic E-state index is 4.74. The molecule has 4 aromatic rings. The molecule has 148 valence electrons. The van der Waals surface area contributed by atoms with Crippen molar-refractivity contribution in [3.63, 3.8) is 0 Å². The molecule has 0 aliphatic carbocycles. The third-order valence-corrected chi connectivity index (χ3v) is 6.18. The Kier molecular flexibility index (Phi) is 4.52. The van der Waals surface area contributed by atoms with Crippen LogP contribution < -0.4 is 4.90 Å². The first kappa shape index (κ1) is 19.1. The molecule has 0 saturated carbocycles. The standard InChI is InChI=1S/C27H23BrN2/c1-27(2,3)18-11-13-22-20-8-4-5-9-21(20)23-14-12-19(28)17-25(23)30(24(22)16-18)26-10-6-7-15-29-26/h4-17H,1-3H3. The molecule has 0 N–H and O–H groups in total. The van der Waals surface area contributed by atoms with E-state index in [1.807, 2.05) is 18.3 Å². The minimum Gasteiger partial charge on any atom is -0.294 e. The van der Waals surface area contributed by atoms with Crippen LogP contribution in [0.25, 0.3) is 22.3 Å². The fourth-order valence-corrected chi connectivity index (χ4v) is 4.49. The van der Waals surface area contributed by atoms with Crippen molar-refractivity contribution in [2.75, 3.05) is 4.90 Å². The van der Waals surface area contributed by atoms with E-state index in [0.717, 1.165) is 21.7 Å². The van der Waals surface area contributed by atoms with Gasteiger partial charge in [-0.25, -0.2) is 4.98 Å². The van der Waals surface area contributed by atoms with Gasteiger partial charge in [-0.15, -0.1) is 0 Å². The van der Waals surface area contributed by atoms with Crippen LogP contribution in [-0.4, -0.2) is 4.98 Å². The first-order valence-corrected chi connectivity index (χ1v) is 11.0. The molecule has 0 radical (unpaired) electrons. The number of hydrogen-bond donors (Lipinski definition) is 0. The minimum atomic E-state index is 0.0523. The van der Waals surface area contributed by atoms with Crippen molar-refractivity contribution in [1.29, 1.82) is 0 Å². The summed E-state index contributed by atoms with van der Waals surface area (Å²) < 4.78 is 1.05. The van der Waals surface area contributed by atoms with E-state index in [9.17, 15) is 0 Å². The Hall–Kier alpha value is -2.91. The van der Waals surface area contributed by atoms with Crippen molar-refractivity contribution in [3.8, 4) is 22.3 Å². The van der Waals surface area contributed by atoms with Gasteiger partial charge in [-0.2, -0.15) is 0 Å². The van der Waals surface area contributed by atoms with Crippen molar-refractivity contribution < 1.29 is 0 Å². The third-order valence-electron chi connectivity index (χ3n) is 5.69. The van der Waals surface area contributed by atoms with E-state index in [-0.39, 0.29) is 5.41 Å². The molecule has 3 heteroatoms. The van der Waals surface area contributed by atoms with E-state index < -0.39 is 0 Å². The first-order valence-electron chi connectivity index (χ1n) is 10.2. The number of nitrogens with zero attached hydrogens (tertiary/aromatic N) is 2. The Morgan fingerprint density at radius 3 is 1.97 bits per heavy atom. The summed E-state index contributed by atoms with van der Waals surface area (Å²) in [6, 6.07) is 28.1.